The van der Waals surface area contributed by atoms with Crippen LogP contribution >= 0.6 is 0 Å². The van der Waals surface area contributed by atoms with Crippen molar-refractivity contribution in [3.63, 3.8) is 0 Å². The monoisotopic (exact) mass is 288 g/mol. The second-order valence-corrected chi connectivity index (χ2v) is 5.20. The second-order valence-electron chi connectivity index (χ2n) is 5.20. The van der Waals surface area contributed by atoms with Crippen LogP contribution in [0.3, 0.4) is 0 Å². The molecular formula is C17H21FN2O. The van der Waals surface area contributed by atoms with Crippen molar-refractivity contribution in [3.05, 3.63) is 69.9 Å². The minimum absolute atomic E-state index is 0.0644. The van der Waals surface area contributed by atoms with Gasteiger partial charge < -0.3 is 10.3 Å². The molecule has 3 nitrogen and oxygen atoms in total. The van der Waals surface area contributed by atoms with Crippen LogP contribution in [-0.4, -0.2) is 4.57 Å². The third-order valence-corrected chi connectivity index (χ3v) is 3.62. The Bertz CT molecular complexity index is 634. The predicted octanol–water partition coefficient (Wildman–Crippen LogP) is 3.23. The predicted molar refractivity (Wildman–Crippen MR) is 82.7 cm³/mol. The van der Waals surface area contributed by atoms with E-state index < -0.39 is 6.04 Å². The normalized spacial score (nSPS) is 12.3. The lowest BCUT2D eigenvalue weighted by atomic mass is 10.0. The van der Waals surface area contributed by atoms with E-state index in [0.717, 1.165) is 24.8 Å². The van der Waals surface area contributed by atoms with Crippen LogP contribution in [-0.2, 0) is 6.54 Å². The maximum atomic E-state index is 13.0. The number of hydrogen-bond acceptors (Lipinski definition) is 2. The van der Waals surface area contributed by atoms with Crippen LogP contribution in [0.2, 0.25) is 0 Å². The van der Waals surface area contributed by atoms with Gasteiger partial charge in [0.25, 0.3) is 5.56 Å². The minimum atomic E-state index is -0.531. The first-order valence-corrected chi connectivity index (χ1v) is 7.34. The average molecular weight is 288 g/mol. The maximum absolute atomic E-state index is 13.0. The van der Waals surface area contributed by atoms with Gasteiger partial charge >= 0.3 is 0 Å². The van der Waals surface area contributed by atoms with Crippen molar-refractivity contribution >= 4 is 0 Å². The Labute approximate surface area is 124 Å². The van der Waals surface area contributed by atoms with E-state index in [4.69, 9.17) is 5.73 Å². The number of rotatable bonds is 6. The Morgan fingerprint density at radius 1 is 1.19 bits per heavy atom. The van der Waals surface area contributed by atoms with E-state index in [-0.39, 0.29) is 11.4 Å². The van der Waals surface area contributed by atoms with Gasteiger partial charge in [-0.25, -0.2) is 4.39 Å². The Kier molecular flexibility index (Phi) is 5.28. The van der Waals surface area contributed by atoms with Gasteiger partial charge in [0.2, 0.25) is 0 Å². The molecule has 1 heterocycles. The molecule has 112 valence electrons. The molecule has 1 unspecified atom stereocenters. The Morgan fingerprint density at radius 2 is 1.90 bits per heavy atom. The number of aromatic nitrogens is 1. The number of hydrogen-bond donors (Lipinski definition) is 1. The molecule has 0 saturated carbocycles. The minimum Gasteiger partial charge on any atom is -0.320 e. The number of unbranched alkanes of at least 4 members (excludes halogenated alkanes) is 2. The zero-order valence-electron chi connectivity index (χ0n) is 12.3. The van der Waals surface area contributed by atoms with Gasteiger partial charge in [0.15, 0.2) is 0 Å². The van der Waals surface area contributed by atoms with E-state index in [1.807, 2.05) is 6.07 Å². The van der Waals surface area contributed by atoms with E-state index in [0.29, 0.717) is 12.1 Å². The highest BCUT2D eigenvalue weighted by Gasteiger charge is 2.13. The number of aryl methyl sites for hydroxylation is 1. The number of nitrogens with two attached hydrogens (primary N) is 1. The zero-order chi connectivity index (χ0) is 15.2. The fourth-order valence-electron chi connectivity index (χ4n) is 2.35. The van der Waals surface area contributed by atoms with Crippen LogP contribution in [0.15, 0.2) is 47.4 Å². The number of benzene rings is 1. The lowest BCUT2D eigenvalue weighted by Crippen LogP contribution is -2.28. The van der Waals surface area contributed by atoms with Crippen molar-refractivity contribution in [3.8, 4) is 0 Å². The molecule has 0 aliphatic carbocycles. The molecule has 1 aromatic carbocycles. The van der Waals surface area contributed by atoms with E-state index >= 15 is 0 Å². The number of pyridine rings is 1. The van der Waals surface area contributed by atoms with Gasteiger partial charge in [-0.3, -0.25) is 4.79 Å². The highest BCUT2D eigenvalue weighted by molar-refractivity contribution is 5.29. The van der Waals surface area contributed by atoms with Gasteiger partial charge in [0, 0.05) is 18.3 Å². The first-order chi connectivity index (χ1) is 10.1. The van der Waals surface area contributed by atoms with Gasteiger partial charge in [-0.1, -0.05) is 38.0 Å². The molecular weight excluding hydrogens is 267 g/mol. The van der Waals surface area contributed by atoms with E-state index in [1.165, 1.54) is 12.1 Å². The topological polar surface area (TPSA) is 48.0 Å². The molecule has 0 bridgehead atoms. The summed E-state index contributed by atoms with van der Waals surface area (Å²) in [5.74, 6) is -0.309. The molecule has 0 spiro atoms. The smallest absolute Gasteiger partial charge is 0.255 e. The standard InChI is InChI=1S/C17H21FN2O/c1-2-3-4-11-20-12-5-6-15(17(20)21)16(19)13-7-9-14(18)10-8-13/h5-10,12,16H,2-4,11,19H2,1H3. The molecule has 0 radical (unpaired) electrons. The molecule has 1 atom stereocenters. The molecule has 0 saturated heterocycles. The van der Waals surface area contributed by atoms with Crippen LogP contribution in [0, 0.1) is 5.82 Å². The van der Waals surface area contributed by atoms with Crippen LogP contribution in [0.5, 0.6) is 0 Å². The molecule has 2 N–H and O–H groups in total. The maximum Gasteiger partial charge on any atom is 0.255 e. The summed E-state index contributed by atoms with van der Waals surface area (Å²) in [5, 5.41) is 0. The zero-order valence-corrected chi connectivity index (χ0v) is 12.3. The molecule has 0 fully saturated rings. The van der Waals surface area contributed by atoms with Crippen molar-refractivity contribution in [1.82, 2.24) is 4.57 Å². The van der Waals surface area contributed by atoms with Gasteiger partial charge in [0.1, 0.15) is 5.82 Å². The van der Waals surface area contributed by atoms with Crippen LogP contribution in [0.25, 0.3) is 0 Å². The van der Waals surface area contributed by atoms with Crippen molar-refractivity contribution in [1.29, 1.82) is 0 Å². The van der Waals surface area contributed by atoms with Crippen LogP contribution < -0.4 is 11.3 Å². The summed E-state index contributed by atoms with van der Waals surface area (Å²) >= 11 is 0. The number of halogens is 1. The first-order valence-electron chi connectivity index (χ1n) is 7.34. The third kappa shape index (κ3) is 3.79. The molecule has 0 aliphatic rings. The molecule has 21 heavy (non-hydrogen) atoms. The molecule has 0 aliphatic heterocycles. The first kappa shape index (κ1) is 15.4. The van der Waals surface area contributed by atoms with Crippen molar-refractivity contribution in [2.75, 3.05) is 0 Å². The van der Waals surface area contributed by atoms with E-state index in [9.17, 15) is 9.18 Å². The van der Waals surface area contributed by atoms with E-state index in [1.54, 1.807) is 29.0 Å². The van der Waals surface area contributed by atoms with Gasteiger partial charge in [-0.15, -0.1) is 0 Å². The third-order valence-electron chi connectivity index (χ3n) is 3.62. The number of nitrogens with zero attached hydrogens (tertiary/aromatic N) is 1. The fourth-order valence-corrected chi connectivity index (χ4v) is 2.35. The van der Waals surface area contributed by atoms with Gasteiger partial charge in [0.05, 0.1) is 6.04 Å². The highest BCUT2D eigenvalue weighted by Crippen LogP contribution is 2.17. The van der Waals surface area contributed by atoms with Crippen LogP contribution in [0.4, 0.5) is 4.39 Å². The summed E-state index contributed by atoms with van der Waals surface area (Å²) in [6.45, 7) is 2.83. The van der Waals surface area contributed by atoms with Gasteiger partial charge in [-0.2, -0.15) is 0 Å². The lowest BCUT2D eigenvalue weighted by molar-refractivity contribution is 0.581. The quantitative estimate of drug-likeness (QED) is 0.830. The summed E-state index contributed by atoms with van der Waals surface area (Å²) in [7, 11) is 0. The molecule has 2 rings (SSSR count). The second kappa shape index (κ2) is 7.18. The average Bonchev–Trinajstić information content (AvgIpc) is 2.49. The Hall–Kier alpha value is -1.94. The summed E-state index contributed by atoms with van der Waals surface area (Å²) in [4.78, 5) is 12.5. The largest absolute Gasteiger partial charge is 0.320 e. The van der Waals surface area contributed by atoms with Crippen molar-refractivity contribution < 1.29 is 4.39 Å². The van der Waals surface area contributed by atoms with Crippen molar-refractivity contribution in [2.45, 2.75) is 38.8 Å². The molecule has 4 heteroatoms. The highest BCUT2D eigenvalue weighted by atomic mass is 19.1. The summed E-state index contributed by atoms with van der Waals surface area (Å²) in [6, 6.07) is 9.01. The molecule has 1 aromatic heterocycles. The lowest BCUT2D eigenvalue weighted by Gasteiger charge is -2.14. The Balaban J connectivity index is 2.25. The summed E-state index contributed by atoms with van der Waals surface area (Å²) in [5.41, 5.74) is 7.37. The molecule has 0 amide bonds. The summed E-state index contributed by atoms with van der Waals surface area (Å²) in [6.07, 6.45) is 4.98. The van der Waals surface area contributed by atoms with Crippen molar-refractivity contribution in [2.24, 2.45) is 5.73 Å². The van der Waals surface area contributed by atoms with E-state index in [2.05, 4.69) is 6.92 Å². The van der Waals surface area contributed by atoms with Crippen LogP contribution in [0.1, 0.15) is 43.4 Å². The Morgan fingerprint density at radius 3 is 2.57 bits per heavy atom. The fraction of sp³-hybridized carbons (Fsp3) is 0.353. The SMILES string of the molecule is CCCCCn1cccc(C(N)c2ccc(F)cc2)c1=O. The van der Waals surface area contributed by atoms with Gasteiger partial charge in [-0.05, 0) is 30.2 Å². The summed E-state index contributed by atoms with van der Waals surface area (Å²) < 4.78 is 14.7. The molecule has 2 aromatic rings.